The second-order valence-corrected chi connectivity index (χ2v) is 6.32. The van der Waals surface area contributed by atoms with Crippen molar-refractivity contribution in [3.63, 3.8) is 0 Å². The summed E-state index contributed by atoms with van der Waals surface area (Å²) < 4.78 is 4.96. The van der Waals surface area contributed by atoms with Crippen molar-refractivity contribution < 1.29 is 9.53 Å². The molecule has 0 radical (unpaired) electrons. The van der Waals surface area contributed by atoms with Gasteiger partial charge in [-0.05, 0) is 36.2 Å². The van der Waals surface area contributed by atoms with Gasteiger partial charge in [-0.3, -0.25) is 4.79 Å². The fourth-order valence-corrected chi connectivity index (χ4v) is 3.01. The van der Waals surface area contributed by atoms with E-state index in [2.05, 4.69) is 35.6 Å². The molecule has 3 nitrogen and oxygen atoms in total. The predicted octanol–water partition coefficient (Wildman–Crippen LogP) is 3.47. The average Bonchev–Trinajstić information content (AvgIpc) is 2.51. The third-order valence-corrected chi connectivity index (χ3v) is 4.32. The predicted molar refractivity (Wildman–Crippen MR) is 88.8 cm³/mol. The maximum absolute atomic E-state index is 12.0. The molecule has 21 heavy (non-hydrogen) atoms. The molecule has 0 aromatic heterocycles. The van der Waals surface area contributed by atoms with Crippen LogP contribution >= 0.6 is 11.8 Å². The molecule has 0 aliphatic carbocycles. The molecule has 2 aromatic carbocycles. The first-order chi connectivity index (χ1) is 10.2. The van der Waals surface area contributed by atoms with E-state index in [1.165, 1.54) is 10.8 Å². The highest BCUT2D eigenvalue weighted by atomic mass is 32.2. The van der Waals surface area contributed by atoms with Crippen molar-refractivity contribution >= 4 is 28.4 Å². The number of fused-ring (bicyclic) bond motifs is 1. The van der Waals surface area contributed by atoms with E-state index in [4.69, 9.17) is 4.74 Å². The molecule has 2 aromatic rings. The summed E-state index contributed by atoms with van der Waals surface area (Å²) in [6, 6.07) is 14.6. The van der Waals surface area contributed by atoms with Crippen LogP contribution in [-0.4, -0.2) is 31.4 Å². The second-order valence-electron chi connectivity index (χ2n) is 4.91. The lowest BCUT2D eigenvalue weighted by atomic mass is 10.1. The van der Waals surface area contributed by atoms with Crippen LogP contribution in [-0.2, 0) is 9.53 Å². The number of hydrogen-bond acceptors (Lipinski definition) is 3. The number of carbonyl (C=O) groups excluding carboxylic acids is 1. The van der Waals surface area contributed by atoms with Crippen molar-refractivity contribution in [1.29, 1.82) is 0 Å². The molecule has 0 saturated heterocycles. The van der Waals surface area contributed by atoms with Crippen LogP contribution in [0.15, 0.2) is 47.4 Å². The third kappa shape index (κ3) is 4.76. The lowest BCUT2D eigenvalue weighted by Crippen LogP contribution is -2.32. The van der Waals surface area contributed by atoms with Crippen molar-refractivity contribution in [2.75, 3.05) is 20.3 Å². The fraction of sp³-hybridized carbons (Fsp3) is 0.353. The Hall–Kier alpha value is -1.52. The molecule has 0 aliphatic heterocycles. The van der Waals surface area contributed by atoms with Gasteiger partial charge in [0.25, 0.3) is 0 Å². The summed E-state index contributed by atoms with van der Waals surface area (Å²) in [4.78, 5) is 13.1. The van der Waals surface area contributed by atoms with Crippen LogP contribution < -0.4 is 5.32 Å². The number of rotatable bonds is 7. The van der Waals surface area contributed by atoms with Crippen molar-refractivity contribution in [2.24, 2.45) is 0 Å². The molecule has 1 unspecified atom stereocenters. The van der Waals surface area contributed by atoms with Crippen LogP contribution in [0.25, 0.3) is 10.8 Å². The van der Waals surface area contributed by atoms with Gasteiger partial charge in [-0.1, -0.05) is 30.3 Å². The lowest BCUT2D eigenvalue weighted by Gasteiger charge is -2.12. The molecule has 0 fully saturated rings. The first-order valence-corrected chi connectivity index (χ1v) is 8.01. The number of hydrogen-bond donors (Lipinski definition) is 1. The Kier molecular flexibility index (Phi) is 6.08. The van der Waals surface area contributed by atoms with Crippen molar-refractivity contribution in [3.05, 3.63) is 42.5 Å². The van der Waals surface area contributed by atoms with Gasteiger partial charge in [-0.25, -0.2) is 0 Å². The van der Waals surface area contributed by atoms with E-state index in [1.54, 1.807) is 18.9 Å². The van der Waals surface area contributed by atoms with Gasteiger partial charge in [0, 0.05) is 25.2 Å². The van der Waals surface area contributed by atoms with Crippen LogP contribution in [0.3, 0.4) is 0 Å². The van der Waals surface area contributed by atoms with Gasteiger partial charge in [0.15, 0.2) is 0 Å². The molecule has 0 bridgehead atoms. The number of thioether (sulfide) groups is 1. The maximum Gasteiger partial charge on any atom is 0.233 e. The monoisotopic (exact) mass is 303 g/mol. The highest BCUT2D eigenvalue weighted by molar-refractivity contribution is 8.00. The van der Waals surface area contributed by atoms with E-state index in [-0.39, 0.29) is 11.2 Å². The lowest BCUT2D eigenvalue weighted by molar-refractivity contribution is -0.120. The minimum atomic E-state index is -0.103. The zero-order valence-corrected chi connectivity index (χ0v) is 13.3. The van der Waals surface area contributed by atoms with Crippen LogP contribution in [0.4, 0.5) is 0 Å². The van der Waals surface area contributed by atoms with Crippen LogP contribution in [0.5, 0.6) is 0 Å². The molecular formula is C17H21NO2S. The SMILES string of the molecule is COCCCNC(=O)C(C)Sc1ccc2ccccc2c1. The van der Waals surface area contributed by atoms with Gasteiger partial charge in [-0.2, -0.15) is 0 Å². The number of benzene rings is 2. The summed E-state index contributed by atoms with van der Waals surface area (Å²) in [7, 11) is 1.67. The molecular weight excluding hydrogens is 282 g/mol. The summed E-state index contributed by atoms with van der Waals surface area (Å²) in [5.74, 6) is 0.0734. The summed E-state index contributed by atoms with van der Waals surface area (Å²) in [5, 5.41) is 5.26. The Balaban J connectivity index is 1.91. The van der Waals surface area contributed by atoms with Gasteiger partial charge in [0.1, 0.15) is 0 Å². The zero-order chi connectivity index (χ0) is 15.1. The highest BCUT2D eigenvalue weighted by Crippen LogP contribution is 2.26. The second kappa shape index (κ2) is 8.05. The van der Waals surface area contributed by atoms with E-state index in [1.807, 2.05) is 19.1 Å². The molecule has 4 heteroatoms. The molecule has 1 amide bonds. The van der Waals surface area contributed by atoms with E-state index in [0.717, 1.165) is 11.3 Å². The average molecular weight is 303 g/mol. The zero-order valence-electron chi connectivity index (χ0n) is 12.5. The maximum atomic E-state index is 12.0. The van der Waals surface area contributed by atoms with Gasteiger partial charge in [-0.15, -0.1) is 11.8 Å². The fourth-order valence-electron chi connectivity index (χ4n) is 2.07. The van der Waals surface area contributed by atoms with E-state index in [0.29, 0.717) is 13.2 Å². The Labute approximate surface area is 130 Å². The standard InChI is InChI=1S/C17H21NO2S/c1-13(17(19)18-10-5-11-20-2)21-16-9-8-14-6-3-4-7-15(14)12-16/h3-4,6-9,12-13H,5,10-11H2,1-2H3,(H,18,19). The molecule has 0 spiro atoms. The Bertz CT molecular complexity index is 600. The van der Waals surface area contributed by atoms with Gasteiger partial charge in [0.05, 0.1) is 5.25 Å². The smallest absolute Gasteiger partial charge is 0.233 e. The molecule has 0 heterocycles. The Morgan fingerprint density at radius 2 is 2.00 bits per heavy atom. The molecule has 1 N–H and O–H groups in total. The van der Waals surface area contributed by atoms with Crippen molar-refractivity contribution in [1.82, 2.24) is 5.32 Å². The minimum Gasteiger partial charge on any atom is -0.385 e. The van der Waals surface area contributed by atoms with Crippen LogP contribution in [0, 0.1) is 0 Å². The molecule has 0 saturated carbocycles. The molecule has 1 atom stereocenters. The van der Waals surface area contributed by atoms with Gasteiger partial charge < -0.3 is 10.1 Å². The van der Waals surface area contributed by atoms with Crippen LogP contribution in [0.1, 0.15) is 13.3 Å². The van der Waals surface area contributed by atoms with Crippen molar-refractivity contribution in [3.8, 4) is 0 Å². The van der Waals surface area contributed by atoms with E-state index >= 15 is 0 Å². The largest absolute Gasteiger partial charge is 0.385 e. The first kappa shape index (κ1) is 15.9. The Morgan fingerprint density at radius 1 is 1.24 bits per heavy atom. The normalized spacial score (nSPS) is 12.3. The number of carbonyl (C=O) groups is 1. The van der Waals surface area contributed by atoms with Gasteiger partial charge >= 0.3 is 0 Å². The minimum absolute atomic E-state index is 0.0734. The Morgan fingerprint density at radius 3 is 2.76 bits per heavy atom. The van der Waals surface area contributed by atoms with Crippen molar-refractivity contribution in [2.45, 2.75) is 23.5 Å². The summed E-state index contributed by atoms with van der Waals surface area (Å²) >= 11 is 1.59. The summed E-state index contributed by atoms with van der Waals surface area (Å²) in [6.45, 7) is 3.27. The molecule has 2 rings (SSSR count). The summed E-state index contributed by atoms with van der Waals surface area (Å²) in [5.41, 5.74) is 0. The van der Waals surface area contributed by atoms with Gasteiger partial charge in [0.2, 0.25) is 5.91 Å². The quantitative estimate of drug-likeness (QED) is 0.629. The van der Waals surface area contributed by atoms with E-state index < -0.39 is 0 Å². The highest BCUT2D eigenvalue weighted by Gasteiger charge is 2.13. The number of amides is 1. The molecule has 0 aliphatic rings. The summed E-state index contributed by atoms with van der Waals surface area (Å²) in [6.07, 6.45) is 0.843. The first-order valence-electron chi connectivity index (χ1n) is 7.13. The number of methoxy groups -OCH3 is 1. The third-order valence-electron chi connectivity index (χ3n) is 3.23. The molecule has 112 valence electrons. The van der Waals surface area contributed by atoms with E-state index in [9.17, 15) is 4.79 Å². The number of nitrogens with one attached hydrogen (secondary N) is 1. The van der Waals surface area contributed by atoms with Crippen LogP contribution in [0.2, 0.25) is 0 Å². The number of ether oxygens (including phenoxy) is 1. The topological polar surface area (TPSA) is 38.3 Å².